The van der Waals surface area contributed by atoms with Gasteiger partial charge in [-0.3, -0.25) is 9.80 Å². The monoisotopic (exact) mass is 390 g/mol. The molecule has 0 aliphatic carbocycles. The van der Waals surface area contributed by atoms with E-state index >= 15 is 0 Å². The molecule has 1 amide bonds. The Morgan fingerprint density at radius 3 is 2.52 bits per heavy atom. The first-order valence-electron chi connectivity index (χ1n) is 9.23. The van der Waals surface area contributed by atoms with E-state index in [2.05, 4.69) is 26.4 Å². The Hall–Kier alpha value is -3.74. The molecule has 0 aromatic heterocycles. The Labute approximate surface area is 169 Å². The Morgan fingerprint density at radius 1 is 1.07 bits per heavy atom. The van der Waals surface area contributed by atoms with Crippen LogP contribution in [0.4, 0.5) is 11.4 Å². The first-order chi connectivity index (χ1) is 14.1. The van der Waals surface area contributed by atoms with Gasteiger partial charge in [0, 0.05) is 24.4 Å². The van der Waals surface area contributed by atoms with Gasteiger partial charge < -0.3 is 14.8 Å². The Morgan fingerprint density at radius 2 is 1.83 bits per heavy atom. The SMILES string of the molecule is COc1ccc(C2=CC=NC3=CCN(c4ccc(NC(C)=O)cc4)N32)cc1OC. The number of allylic oxidation sites excluding steroid dienone is 1. The third-order valence-corrected chi connectivity index (χ3v) is 4.74. The fourth-order valence-electron chi connectivity index (χ4n) is 3.43. The number of benzene rings is 2. The zero-order valence-corrected chi connectivity index (χ0v) is 16.5. The molecule has 0 radical (unpaired) electrons. The van der Waals surface area contributed by atoms with Crippen molar-refractivity contribution in [2.75, 3.05) is 31.1 Å². The number of fused-ring (bicyclic) bond motifs is 1. The Bertz CT molecular complexity index is 1020. The fourth-order valence-corrected chi connectivity index (χ4v) is 3.43. The van der Waals surface area contributed by atoms with E-state index in [4.69, 9.17) is 9.47 Å². The van der Waals surface area contributed by atoms with E-state index in [9.17, 15) is 4.79 Å². The van der Waals surface area contributed by atoms with Crippen LogP contribution in [0.15, 0.2) is 65.4 Å². The second-order valence-corrected chi connectivity index (χ2v) is 6.58. The first kappa shape index (κ1) is 18.6. The van der Waals surface area contributed by atoms with Crippen LogP contribution in [0.25, 0.3) is 5.70 Å². The van der Waals surface area contributed by atoms with Gasteiger partial charge in [-0.1, -0.05) is 0 Å². The zero-order valence-electron chi connectivity index (χ0n) is 16.5. The van der Waals surface area contributed by atoms with Gasteiger partial charge in [-0.25, -0.2) is 10.0 Å². The summed E-state index contributed by atoms with van der Waals surface area (Å²) >= 11 is 0. The molecule has 7 nitrogen and oxygen atoms in total. The highest BCUT2D eigenvalue weighted by atomic mass is 16.5. The van der Waals surface area contributed by atoms with Gasteiger partial charge in [-0.05, 0) is 54.6 Å². The maximum atomic E-state index is 11.3. The lowest BCUT2D eigenvalue weighted by atomic mass is 10.1. The summed E-state index contributed by atoms with van der Waals surface area (Å²) in [5.41, 5.74) is 3.73. The van der Waals surface area contributed by atoms with Crippen molar-refractivity contribution in [3.8, 4) is 11.5 Å². The normalized spacial score (nSPS) is 14.9. The number of carbonyl (C=O) groups is 1. The summed E-state index contributed by atoms with van der Waals surface area (Å²) in [6.07, 6.45) is 5.85. The quantitative estimate of drug-likeness (QED) is 0.844. The summed E-state index contributed by atoms with van der Waals surface area (Å²) in [6, 6.07) is 13.6. The third kappa shape index (κ3) is 3.54. The van der Waals surface area contributed by atoms with E-state index in [1.54, 1.807) is 20.4 Å². The highest BCUT2D eigenvalue weighted by Gasteiger charge is 2.30. The minimum Gasteiger partial charge on any atom is -0.493 e. The fraction of sp³-hybridized carbons (Fsp3) is 0.182. The van der Waals surface area contributed by atoms with Gasteiger partial charge >= 0.3 is 0 Å². The lowest BCUT2D eigenvalue weighted by molar-refractivity contribution is -0.114. The second kappa shape index (κ2) is 7.71. The summed E-state index contributed by atoms with van der Waals surface area (Å²) < 4.78 is 10.8. The van der Waals surface area contributed by atoms with Crippen LogP contribution in [0.5, 0.6) is 11.5 Å². The van der Waals surface area contributed by atoms with E-state index in [0.29, 0.717) is 18.0 Å². The molecule has 2 aromatic rings. The summed E-state index contributed by atoms with van der Waals surface area (Å²) in [7, 11) is 3.25. The van der Waals surface area contributed by atoms with Crippen molar-refractivity contribution in [2.24, 2.45) is 4.99 Å². The van der Waals surface area contributed by atoms with Crippen LogP contribution in [0, 0.1) is 0 Å². The topological polar surface area (TPSA) is 66.4 Å². The van der Waals surface area contributed by atoms with Crippen molar-refractivity contribution in [3.63, 3.8) is 0 Å². The molecule has 0 spiro atoms. The number of hydrazine groups is 1. The summed E-state index contributed by atoms with van der Waals surface area (Å²) in [5, 5.41) is 7.00. The maximum Gasteiger partial charge on any atom is 0.221 e. The van der Waals surface area contributed by atoms with E-state index in [-0.39, 0.29) is 5.91 Å². The molecule has 2 aromatic carbocycles. The van der Waals surface area contributed by atoms with Crippen molar-refractivity contribution in [2.45, 2.75) is 6.92 Å². The van der Waals surface area contributed by atoms with Crippen molar-refractivity contribution in [1.82, 2.24) is 5.01 Å². The van der Waals surface area contributed by atoms with Gasteiger partial charge in [0.1, 0.15) is 5.82 Å². The number of nitrogens with one attached hydrogen (secondary N) is 1. The van der Waals surface area contributed by atoms with Gasteiger partial charge in [0.2, 0.25) is 5.91 Å². The number of rotatable bonds is 5. The van der Waals surface area contributed by atoms with Crippen LogP contribution in [0.2, 0.25) is 0 Å². The van der Waals surface area contributed by atoms with Gasteiger partial charge in [-0.2, -0.15) is 0 Å². The standard InChI is InChI=1S/C22H22N4O3/c1-15(27)24-17-5-7-18(8-6-17)25-13-11-22-23-12-10-19(26(22)25)16-4-9-20(28-2)21(14-16)29-3/h4-12,14H,13H2,1-3H3,(H,24,27). The van der Waals surface area contributed by atoms with Crippen LogP contribution in [0.1, 0.15) is 12.5 Å². The average molecular weight is 390 g/mol. The third-order valence-electron chi connectivity index (χ3n) is 4.74. The molecule has 0 atom stereocenters. The van der Waals surface area contributed by atoms with E-state index in [0.717, 1.165) is 28.5 Å². The molecule has 0 saturated heterocycles. The summed E-state index contributed by atoms with van der Waals surface area (Å²) in [5.74, 6) is 2.13. The summed E-state index contributed by atoms with van der Waals surface area (Å²) in [6.45, 7) is 2.19. The number of anilines is 2. The smallest absolute Gasteiger partial charge is 0.221 e. The molecule has 1 N–H and O–H groups in total. The van der Waals surface area contributed by atoms with E-state index in [1.165, 1.54) is 6.92 Å². The molecule has 0 unspecified atom stereocenters. The molecule has 2 heterocycles. The van der Waals surface area contributed by atoms with Gasteiger partial charge in [-0.15, -0.1) is 0 Å². The molecule has 0 saturated carbocycles. The maximum absolute atomic E-state index is 11.3. The molecular formula is C22H22N4O3. The number of methoxy groups -OCH3 is 2. The number of hydrogen-bond donors (Lipinski definition) is 1. The molecule has 29 heavy (non-hydrogen) atoms. The van der Waals surface area contributed by atoms with Crippen LogP contribution in [-0.2, 0) is 4.79 Å². The van der Waals surface area contributed by atoms with Crippen molar-refractivity contribution < 1.29 is 14.3 Å². The molecule has 0 bridgehead atoms. The molecule has 7 heteroatoms. The Kier molecular flexibility index (Phi) is 4.95. The van der Waals surface area contributed by atoms with E-state index < -0.39 is 0 Å². The number of nitrogens with zero attached hydrogens (tertiary/aromatic N) is 3. The first-order valence-corrected chi connectivity index (χ1v) is 9.23. The molecule has 4 rings (SSSR count). The molecule has 2 aliphatic rings. The second-order valence-electron chi connectivity index (χ2n) is 6.58. The number of hydrogen-bond acceptors (Lipinski definition) is 6. The van der Waals surface area contributed by atoms with Crippen LogP contribution < -0.4 is 19.8 Å². The number of aliphatic imine (C=N–C) groups is 1. The van der Waals surface area contributed by atoms with Crippen LogP contribution >= 0.6 is 0 Å². The largest absolute Gasteiger partial charge is 0.493 e. The molecule has 2 aliphatic heterocycles. The minimum absolute atomic E-state index is 0.0908. The predicted octanol–water partition coefficient (Wildman–Crippen LogP) is 3.67. The number of carbonyl (C=O) groups excluding carboxylic acids is 1. The van der Waals surface area contributed by atoms with Gasteiger partial charge in [0.05, 0.1) is 32.1 Å². The minimum atomic E-state index is -0.0908. The Balaban J connectivity index is 1.66. The lowest BCUT2D eigenvalue weighted by Gasteiger charge is -2.35. The van der Waals surface area contributed by atoms with Crippen molar-refractivity contribution in [3.05, 3.63) is 66.0 Å². The molecule has 148 valence electrons. The average Bonchev–Trinajstić information content (AvgIpc) is 3.17. The van der Waals surface area contributed by atoms with Crippen molar-refractivity contribution >= 4 is 29.2 Å². The molecule has 0 fully saturated rings. The van der Waals surface area contributed by atoms with Crippen LogP contribution in [0.3, 0.4) is 0 Å². The van der Waals surface area contributed by atoms with Gasteiger partial charge in [0.25, 0.3) is 0 Å². The predicted molar refractivity (Wildman–Crippen MR) is 114 cm³/mol. The highest BCUT2D eigenvalue weighted by molar-refractivity contribution is 5.90. The van der Waals surface area contributed by atoms with Crippen LogP contribution in [-0.4, -0.2) is 37.9 Å². The lowest BCUT2D eigenvalue weighted by Crippen LogP contribution is -2.37. The molecular weight excluding hydrogens is 368 g/mol. The van der Waals surface area contributed by atoms with E-state index in [1.807, 2.05) is 48.5 Å². The van der Waals surface area contributed by atoms with Gasteiger partial charge in [0.15, 0.2) is 11.5 Å². The zero-order chi connectivity index (χ0) is 20.4. The van der Waals surface area contributed by atoms with Crippen molar-refractivity contribution in [1.29, 1.82) is 0 Å². The number of amides is 1. The summed E-state index contributed by atoms with van der Waals surface area (Å²) in [4.78, 5) is 15.8. The number of ether oxygens (including phenoxy) is 2. The highest BCUT2D eigenvalue weighted by Crippen LogP contribution is 2.38.